The van der Waals surface area contributed by atoms with Crippen LogP contribution in [-0.4, -0.2) is 31.9 Å². The third kappa shape index (κ3) is 3.05. The van der Waals surface area contributed by atoms with Gasteiger partial charge in [0.05, 0.1) is 0 Å². The molecule has 2 N–H and O–H groups in total. The molecule has 104 valence electrons. The van der Waals surface area contributed by atoms with E-state index in [2.05, 4.69) is 0 Å². The normalized spacial score (nSPS) is 25.7. The van der Waals surface area contributed by atoms with E-state index in [0.29, 0.717) is 17.3 Å². The molecule has 2 heterocycles. The van der Waals surface area contributed by atoms with E-state index in [1.807, 2.05) is 19.9 Å². The standard InChI is InChI=1S/C11H18N2O2S2.ClH/c1-8-7-13(6-5-10(8)12)17(14,15)11-4-3-9(2)16-11;/h3-4,8,10H,5-7,12H2,1-2H3;1H. The second-order valence-corrected chi connectivity index (χ2v) is 8.11. The van der Waals surface area contributed by atoms with E-state index in [4.69, 9.17) is 5.73 Å². The topological polar surface area (TPSA) is 63.4 Å². The molecule has 2 atom stereocenters. The Hall–Kier alpha value is -0.140. The molecule has 0 radical (unpaired) electrons. The largest absolute Gasteiger partial charge is 0.327 e. The number of aryl methyl sites for hydroxylation is 1. The maximum Gasteiger partial charge on any atom is 0.252 e. The molecule has 0 amide bonds. The molecule has 0 aromatic carbocycles. The van der Waals surface area contributed by atoms with Crippen molar-refractivity contribution in [3.05, 3.63) is 17.0 Å². The van der Waals surface area contributed by atoms with Gasteiger partial charge in [0, 0.05) is 24.0 Å². The minimum Gasteiger partial charge on any atom is -0.327 e. The Labute approximate surface area is 119 Å². The Kier molecular flexibility index (Phi) is 5.20. The molecule has 0 aliphatic carbocycles. The third-order valence-electron chi connectivity index (χ3n) is 3.24. The van der Waals surface area contributed by atoms with Crippen LogP contribution in [0.3, 0.4) is 0 Å². The Morgan fingerprint density at radius 2 is 2.11 bits per heavy atom. The van der Waals surface area contributed by atoms with E-state index in [9.17, 15) is 8.42 Å². The molecule has 1 fully saturated rings. The van der Waals surface area contributed by atoms with Crippen LogP contribution < -0.4 is 5.73 Å². The lowest BCUT2D eigenvalue weighted by Crippen LogP contribution is -2.47. The summed E-state index contributed by atoms with van der Waals surface area (Å²) in [6.45, 7) is 4.98. The lowest BCUT2D eigenvalue weighted by molar-refractivity contribution is 0.250. The number of nitrogens with two attached hydrogens (primary N) is 1. The van der Waals surface area contributed by atoms with E-state index in [1.165, 1.54) is 11.3 Å². The predicted octanol–water partition coefficient (Wildman–Crippen LogP) is 1.84. The fraction of sp³-hybridized carbons (Fsp3) is 0.636. The molecule has 1 aromatic rings. The maximum absolute atomic E-state index is 12.3. The van der Waals surface area contributed by atoms with Crippen LogP contribution in [0.1, 0.15) is 18.2 Å². The average Bonchev–Trinajstić information content (AvgIpc) is 2.69. The first-order valence-electron chi connectivity index (χ1n) is 5.73. The lowest BCUT2D eigenvalue weighted by Gasteiger charge is -2.33. The van der Waals surface area contributed by atoms with Gasteiger partial charge in [0.1, 0.15) is 4.21 Å². The summed E-state index contributed by atoms with van der Waals surface area (Å²) in [7, 11) is -3.30. The van der Waals surface area contributed by atoms with Gasteiger partial charge >= 0.3 is 0 Å². The summed E-state index contributed by atoms with van der Waals surface area (Å²) in [4.78, 5) is 1.02. The van der Waals surface area contributed by atoms with Crippen LogP contribution in [-0.2, 0) is 10.0 Å². The number of hydrogen-bond acceptors (Lipinski definition) is 4. The van der Waals surface area contributed by atoms with E-state index in [1.54, 1.807) is 10.4 Å². The van der Waals surface area contributed by atoms with Crippen molar-refractivity contribution in [2.24, 2.45) is 11.7 Å². The zero-order valence-electron chi connectivity index (χ0n) is 10.5. The molecule has 1 aromatic heterocycles. The van der Waals surface area contributed by atoms with Crippen molar-refractivity contribution in [2.75, 3.05) is 13.1 Å². The second kappa shape index (κ2) is 5.88. The fourth-order valence-corrected chi connectivity index (χ4v) is 5.01. The molecule has 4 nitrogen and oxygen atoms in total. The van der Waals surface area contributed by atoms with Gasteiger partial charge < -0.3 is 5.73 Å². The Morgan fingerprint density at radius 1 is 1.44 bits per heavy atom. The molecular weight excluding hydrogens is 292 g/mol. The molecule has 18 heavy (non-hydrogen) atoms. The summed E-state index contributed by atoms with van der Waals surface area (Å²) >= 11 is 1.33. The monoisotopic (exact) mass is 310 g/mol. The Bertz CT molecular complexity index is 501. The lowest BCUT2D eigenvalue weighted by atomic mass is 9.96. The van der Waals surface area contributed by atoms with Crippen molar-refractivity contribution in [3.63, 3.8) is 0 Å². The highest BCUT2D eigenvalue weighted by Crippen LogP contribution is 2.27. The van der Waals surface area contributed by atoms with Crippen LogP contribution in [0.2, 0.25) is 0 Å². The molecule has 0 spiro atoms. The van der Waals surface area contributed by atoms with Gasteiger partial charge in [0.25, 0.3) is 10.0 Å². The number of piperidine rings is 1. The van der Waals surface area contributed by atoms with Crippen molar-refractivity contribution < 1.29 is 8.42 Å². The highest BCUT2D eigenvalue weighted by Gasteiger charge is 2.32. The van der Waals surface area contributed by atoms with Gasteiger partial charge in [-0.15, -0.1) is 23.7 Å². The highest BCUT2D eigenvalue weighted by molar-refractivity contribution is 7.91. The van der Waals surface area contributed by atoms with Crippen molar-refractivity contribution in [1.82, 2.24) is 4.31 Å². The minimum absolute atomic E-state index is 0. The zero-order chi connectivity index (χ0) is 12.6. The van der Waals surface area contributed by atoms with Crippen LogP contribution in [0, 0.1) is 12.8 Å². The van der Waals surface area contributed by atoms with Crippen LogP contribution in [0.25, 0.3) is 0 Å². The Morgan fingerprint density at radius 3 is 2.61 bits per heavy atom. The summed E-state index contributed by atoms with van der Waals surface area (Å²) in [5.41, 5.74) is 5.91. The van der Waals surface area contributed by atoms with Crippen molar-refractivity contribution in [2.45, 2.75) is 30.5 Å². The molecule has 0 bridgehead atoms. The molecule has 1 aliphatic heterocycles. The van der Waals surface area contributed by atoms with Crippen LogP contribution in [0.5, 0.6) is 0 Å². The van der Waals surface area contributed by atoms with Gasteiger partial charge in [-0.2, -0.15) is 4.31 Å². The first-order chi connectivity index (χ1) is 7.91. The smallest absolute Gasteiger partial charge is 0.252 e. The number of sulfonamides is 1. The Balaban J connectivity index is 0.00000162. The second-order valence-electron chi connectivity index (χ2n) is 4.66. The summed E-state index contributed by atoms with van der Waals surface area (Å²) < 4.78 is 26.7. The van der Waals surface area contributed by atoms with Gasteiger partial charge in [-0.1, -0.05) is 6.92 Å². The van der Waals surface area contributed by atoms with Crippen molar-refractivity contribution in [1.29, 1.82) is 0 Å². The SMILES string of the molecule is Cc1ccc(S(=O)(=O)N2CCC(N)C(C)C2)s1.Cl. The third-order valence-corrected chi connectivity index (χ3v) is 6.58. The number of thiophene rings is 1. The predicted molar refractivity (Wildman–Crippen MR) is 76.8 cm³/mol. The maximum atomic E-state index is 12.3. The zero-order valence-corrected chi connectivity index (χ0v) is 12.9. The summed E-state index contributed by atoms with van der Waals surface area (Å²) in [5.74, 6) is 0.222. The van der Waals surface area contributed by atoms with Gasteiger partial charge in [-0.05, 0) is 31.4 Å². The van der Waals surface area contributed by atoms with E-state index < -0.39 is 10.0 Å². The van der Waals surface area contributed by atoms with Gasteiger partial charge in [0.2, 0.25) is 0 Å². The fourth-order valence-electron chi connectivity index (χ4n) is 2.02. The first kappa shape index (κ1) is 15.9. The van der Waals surface area contributed by atoms with Gasteiger partial charge in [-0.25, -0.2) is 8.42 Å². The number of rotatable bonds is 2. The first-order valence-corrected chi connectivity index (χ1v) is 7.99. The van der Waals surface area contributed by atoms with E-state index in [0.717, 1.165) is 11.3 Å². The van der Waals surface area contributed by atoms with E-state index in [-0.39, 0.29) is 24.4 Å². The molecular formula is C11H19ClN2O2S2. The van der Waals surface area contributed by atoms with Crippen LogP contribution >= 0.6 is 23.7 Å². The summed E-state index contributed by atoms with van der Waals surface area (Å²) in [6, 6.07) is 3.65. The molecule has 2 unspecified atom stereocenters. The number of hydrogen-bond donors (Lipinski definition) is 1. The molecule has 7 heteroatoms. The summed E-state index contributed by atoms with van der Waals surface area (Å²) in [5, 5.41) is 0. The number of nitrogens with zero attached hydrogens (tertiary/aromatic N) is 1. The molecule has 2 rings (SSSR count). The molecule has 1 aliphatic rings. The number of halogens is 1. The van der Waals surface area contributed by atoms with Crippen molar-refractivity contribution >= 4 is 33.8 Å². The van der Waals surface area contributed by atoms with Crippen LogP contribution in [0.4, 0.5) is 0 Å². The average molecular weight is 311 g/mol. The van der Waals surface area contributed by atoms with Gasteiger partial charge in [0.15, 0.2) is 0 Å². The molecule has 0 saturated carbocycles. The minimum atomic E-state index is -3.30. The highest BCUT2D eigenvalue weighted by atomic mass is 35.5. The quantitative estimate of drug-likeness (QED) is 0.906. The summed E-state index contributed by atoms with van der Waals surface area (Å²) in [6.07, 6.45) is 0.741. The molecule has 1 saturated heterocycles. The van der Waals surface area contributed by atoms with Crippen LogP contribution in [0.15, 0.2) is 16.3 Å². The van der Waals surface area contributed by atoms with Gasteiger partial charge in [-0.3, -0.25) is 0 Å². The van der Waals surface area contributed by atoms with E-state index >= 15 is 0 Å². The van der Waals surface area contributed by atoms with Crippen molar-refractivity contribution in [3.8, 4) is 0 Å².